The Morgan fingerprint density at radius 2 is 2.00 bits per heavy atom. The van der Waals surface area contributed by atoms with Crippen molar-refractivity contribution in [2.75, 3.05) is 20.3 Å². The van der Waals surface area contributed by atoms with E-state index in [1.54, 1.807) is 30.2 Å². The molecule has 152 valence electrons. The second kappa shape index (κ2) is 8.53. The third-order valence-corrected chi connectivity index (χ3v) is 5.22. The Morgan fingerprint density at radius 3 is 2.79 bits per heavy atom. The Kier molecular flexibility index (Phi) is 5.67. The molecule has 29 heavy (non-hydrogen) atoms. The number of ether oxygens (including phenoxy) is 2. The smallest absolute Gasteiger partial charge is 0.420 e. The van der Waals surface area contributed by atoms with Crippen LogP contribution in [0.5, 0.6) is 5.75 Å². The van der Waals surface area contributed by atoms with Crippen molar-refractivity contribution < 1.29 is 18.7 Å². The molecule has 1 fully saturated rings. The summed E-state index contributed by atoms with van der Waals surface area (Å²) in [6.45, 7) is 1.49. The fourth-order valence-corrected chi connectivity index (χ4v) is 3.73. The molecule has 0 spiro atoms. The first-order valence-corrected chi connectivity index (χ1v) is 9.75. The number of benzene rings is 2. The van der Waals surface area contributed by atoms with E-state index in [1.165, 1.54) is 4.57 Å². The van der Waals surface area contributed by atoms with E-state index in [1.807, 2.05) is 30.3 Å². The van der Waals surface area contributed by atoms with Gasteiger partial charge in [-0.3, -0.25) is 9.36 Å². The molecule has 7 nitrogen and oxygen atoms in total. The van der Waals surface area contributed by atoms with Gasteiger partial charge in [0.15, 0.2) is 5.58 Å². The largest absolute Gasteiger partial charge is 0.496 e. The van der Waals surface area contributed by atoms with E-state index in [9.17, 15) is 9.59 Å². The summed E-state index contributed by atoms with van der Waals surface area (Å²) in [5.74, 6) is 0.0255. The highest BCUT2D eigenvalue weighted by Gasteiger charge is 2.25. The van der Waals surface area contributed by atoms with Gasteiger partial charge in [0.2, 0.25) is 5.91 Å². The number of methoxy groups -OCH3 is 1. The number of hydrogen-bond donors (Lipinski definition) is 0. The monoisotopic (exact) mass is 396 g/mol. The van der Waals surface area contributed by atoms with Crippen LogP contribution in [0.15, 0.2) is 57.7 Å². The number of carbonyl (C=O) groups is 1. The van der Waals surface area contributed by atoms with Gasteiger partial charge in [-0.25, -0.2) is 4.79 Å². The van der Waals surface area contributed by atoms with Crippen molar-refractivity contribution in [3.63, 3.8) is 0 Å². The first-order valence-electron chi connectivity index (χ1n) is 9.75. The van der Waals surface area contributed by atoms with Crippen molar-refractivity contribution in [1.29, 1.82) is 0 Å². The molecule has 4 rings (SSSR count). The third kappa shape index (κ3) is 4.19. The molecule has 1 aliphatic rings. The van der Waals surface area contributed by atoms with E-state index in [0.717, 1.165) is 24.2 Å². The summed E-state index contributed by atoms with van der Waals surface area (Å²) in [5, 5.41) is 0. The molecular formula is C22H24N2O5. The molecular weight excluding hydrogens is 372 g/mol. The van der Waals surface area contributed by atoms with E-state index in [2.05, 4.69) is 0 Å². The van der Waals surface area contributed by atoms with Gasteiger partial charge >= 0.3 is 5.76 Å². The van der Waals surface area contributed by atoms with Gasteiger partial charge in [0.1, 0.15) is 12.3 Å². The number of aromatic nitrogens is 1. The Labute approximate surface area is 168 Å². The van der Waals surface area contributed by atoms with Gasteiger partial charge in [-0.2, -0.15) is 0 Å². The lowest BCUT2D eigenvalue weighted by molar-refractivity contribution is -0.134. The van der Waals surface area contributed by atoms with Gasteiger partial charge in [0.05, 0.1) is 18.7 Å². The van der Waals surface area contributed by atoms with Gasteiger partial charge < -0.3 is 18.8 Å². The van der Waals surface area contributed by atoms with E-state index in [0.29, 0.717) is 30.8 Å². The summed E-state index contributed by atoms with van der Waals surface area (Å²) in [7, 11) is 1.61. The molecule has 1 aromatic heterocycles. The van der Waals surface area contributed by atoms with Crippen molar-refractivity contribution in [2.24, 2.45) is 0 Å². The normalized spacial score (nSPS) is 16.2. The lowest BCUT2D eigenvalue weighted by atomic mass is 10.1. The molecule has 1 atom stereocenters. The number of rotatable bonds is 7. The molecule has 0 aliphatic carbocycles. The van der Waals surface area contributed by atoms with Crippen LogP contribution in [-0.2, 0) is 22.6 Å². The zero-order chi connectivity index (χ0) is 20.2. The SMILES string of the molecule is COc1ccccc1CN(CC1CCCO1)C(=O)Cn1c(=O)oc2ccccc21. The van der Waals surface area contributed by atoms with Crippen molar-refractivity contribution in [2.45, 2.75) is 32.0 Å². The number of carbonyl (C=O) groups excluding carboxylic acids is 1. The van der Waals surface area contributed by atoms with Crippen LogP contribution in [-0.4, -0.2) is 41.7 Å². The van der Waals surface area contributed by atoms with Crippen LogP contribution in [0, 0.1) is 0 Å². The number of fused-ring (bicyclic) bond motifs is 1. The van der Waals surface area contributed by atoms with Gasteiger partial charge in [-0.15, -0.1) is 0 Å². The molecule has 1 aliphatic heterocycles. The minimum Gasteiger partial charge on any atom is -0.496 e. The lowest BCUT2D eigenvalue weighted by Gasteiger charge is -2.26. The molecule has 2 aromatic carbocycles. The number of oxazole rings is 1. The molecule has 3 aromatic rings. The van der Waals surface area contributed by atoms with E-state index < -0.39 is 5.76 Å². The van der Waals surface area contributed by atoms with Crippen LogP contribution in [0.2, 0.25) is 0 Å². The number of para-hydroxylation sites is 3. The lowest BCUT2D eigenvalue weighted by Crippen LogP contribution is -2.40. The fourth-order valence-electron chi connectivity index (χ4n) is 3.73. The minimum absolute atomic E-state index is 0.00599. The van der Waals surface area contributed by atoms with E-state index in [4.69, 9.17) is 13.9 Å². The topological polar surface area (TPSA) is 73.9 Å². The summed E-state index contributed by atoms with van der Waals surface area (Å²) < 4.78 is 17.8. The summed E-state index contributed by atoms with van der Waals surface area (Å²) in [6.07, 6.45) is 1.92. The van der Waals surface area contributed by atoms with Crippen molar-refractivity contribution in [3.05, 3.63) is 64.6 Å². The summed E-state index contributed by atoms with van der Waals surface area (Å²) >= 11 is 0. The van der Waals surface area contributed by atoms with Crippen molar-refractivity contribution in [1.82, 2.24) is 9.47 Å². The van der Waals surface area contributed by atoms with Crippen LogP contribution in [0.1, 0.15) is 18.4 Å². The van der Waals surface area contributed by atoms with E-state index >= 15 is 0 Å². The van der Waals surface area contributed by atoms with Crippen LogP contribution in [0.4, 0.5) is 0 Å². The van der Waals surface area contributed by atoms with Gasteiger partial charge in [0, 0.05) is 25.3 Å². The molecule has 1 saturated heterocycles. The van der Waals surface area contributed by atoms with Gasteiger partial charge in [-0.1, -0.05) is 30.3 Å². The molecule has 0 saturated carbocycles. The second-order valence-electron chi connectivity index (χ2n) is 7.14. The standard InChI is InChI=1S/C22H24N2O5/c1-27-19-10-4-2-7-16(19)13-23(14-17-8-6-12-28-17)21(25)15-24-18-9-3-5-11-20(18)29-22(24)26/h2-5,7,9-11,17H,6,8,12-15H2,1H3. The summed E-state index contributed by atoms with van der Waals surface area (Å²) in [6, 6.07) is 14.7. The molecule has 0 radical (unpaired) electrons. The number of amides is 1. The number of hydrogen-bond acceptors (Lipinski definition) is 5. The Morgan fingerprint density at radius 1 is 1.21 bits per heavy atom. The van der Waals surface area contributed by atoms with Crippen molar-refractivity contribution in [3.8, 4) is 5.75 Å². The average Bonchev–Trinajstić information content (AvgIpc) is 3.36. The molecule has 0 N–H and O–H groups in total. The third-order valence-electron chi connectivity index (χ3n) is 5.22. The zero-order valence-corrected chi connectivity index (χ0v) is 16.4. The van der Waals surface area contributed by atoms with Crippen LogP contribution < -0.4 is 10.5 Å². The van der Waals surface area contributed by atoms with Crippen LogP contribution >= 0.6 is 0 Å². The first-order chi connectivity index (χ1) is 14.2. The Balaban J connectivity index is 1.60. The minimum atomic E-state index is -0.533. The fraction of sp³-hybridized carbons (Fsp3) is 0.364. The van der Waals surface area contributed by atoms with E-state index in [-0.39, 0.29) is 18.6 Å². The maximum atomic E-state index is 13.2. The van der Waals surface area contributed by atoms with Crippen molar-refractivity contribution >= 4 is 17.0 Å². The maximum Gasteiger partial charge on any atom is 0.420 e. The maximum absolute atomic E-state index is 13.2. The highest BCUT2D eigenvalue weighted by Crippen LogP contribution is 2.22. The van der Waals surface area contributed by atoms with Gasteiger partial charge in [-0.05, 0) is 31.0 Å². The molecule has 2 heterocycles. The zero-order valence-electron chi connectivity index (χ0n) is 16.4. The highest BCUT2D eigenvalue weighted by atomic mass is 16.5. The predicted molar refractivity (Wildman–Crippen MR) is 108 cm³/mol. The van der Waals surface area contributed by atoms with Crippen LogP contribution in [0.3, 0.4) is 0 Å². The molecule has 0 bridgehead atoms. The highest BCUT2D eigenvalue weighted by molar-refractivity contribution is 5.79. The summed E-state index contributed by atoms with van der Waals surface area (Å²) in [4.78, 5) is 27.2. The Bertz CT molecular complexity index is 1050. The molecule has 7 heteroatoms. The second-order valence-corrected chi connectivity index (χ2v) is 7.14. The molecule has 1 unspecified atom stereocenters. The van der Waals surface area contributed by atoms with Crippen LogP contribution in [0.25, 0.3) is 11.1 Å². The molecule has 1 amide bonds. The summed E-state index contributed by atoms with van der Waals surface area (Å²) in [5.41, 5.74) is 1.99. The average molecular weight is 396 g/mol. The predicted octanol–water partition coefficient (Wildman–Crippen LogP) is 2.81. The van der Waals surface area contributed by atoms with Gasteiger partial charge in [0.25, 0.3) is 0 Å². The number of nitrogens with zero attached hydrogens (tertiary/aromatic N) is 2. The first kappa shape index (κ1) is 19.3. The Hall–Kier alpha value is -3.06. The quantitative estimate of drug-likeness (QED) is 0.614.